The molecular formula is C11H12F3NO3S. The summed E-state index contributed by atoms with van der Waals surface area (Å²) in [6.07, 6.45) is -4.73. The Bertz CT molecular complexity index is 422. The van der Waals surface area contributed by atoms with Crippen LogP contribution in [0.1, 0.15) is 6.92 Å². The quantitative estimate of drug-likeness (QED) is 0.498. The number of thiol groups is 1. The highest BCUT2D eigenvalue weighted by molar-refractivity contribution is 7.81. The van der Waals surface area contributed by atoms with Crippen molar-refractivity contribution in [2.24, 2.45) is 0 Å². The summed E-state index contributed by atoms with van der Waals surface area (Å²) in [6.45, 7) is 1.87. The van der Waals surface area contributed by atoms with Crippen LogP contribution in [-0.2, 0) is 9.53 Å². The molecular weight excluding hydrogens is 283 g/mol. The minimum Gasteiger partial charge on any atom is -0.464 e. The standard InChI is InChI=1S/C11H12F3NO3S/c1-2-17-10(16)9(19)15-7-3-5-8(6-4-7)18-11(12,13)14/h3-6,9,15,19H,2H2,1H3. The molecule has 1 unspecified atom stereocenters. The Kier molecular flexibility index (Phi) is 5.34. The van der Waals surface area contributed by atoms with E-state index in [4.69, 9.17) is 4.74 Å². The molecule has 0 amide bonds. The summed E-state index contributed by atoms with van der Waals surface area (Å²) in [5.74, 6) is -0.911. The van der Waals surface area contributed by atoms with Gasteiger partial charge in [-0.2, -0.15) is 0 Å². The van der Waals surface area contributed by atoms with Gasteiger partial charge >= 0.3 is 12.3 Å². The van der Waals surface area contributed by atoms with Crippen molar-refractivity contribution in [3.63, 3.8) is 0 Å². The van der Waals surface area contributed by atoms with Gasteiger partial charge in [-0.15, -0.1) is 25.8 Å². The molecule has 1 N–H and O–H groups in total. The molecule has 4 nitrogen and oxygen atoms in total. The number of nitrogens with one attached hydrogen (secondary N) is 1. The number of hydrogen-bond donors (Lipinski definition) is 2. The van der Waals surface area contributed by atoms with Gasteiger partial charge in [0, 0.05) is 5.69 Å². The molecule has 0 aliphatic rings. The molecule has 0 bridgehead atoms. The summed E-state index contributed by atoms with van der Waals surface area (Å²) in [5.41, 5.74) is 0.419. The molecule has 19 heavy (non-hydrogen) atoms. The fourth-order valence-corrected chi connectivity index (χ4v) is 1.41. The predicted molar refractivity (Wildman–Crippen MR) is 66.2 cm³/mol. The maximum Gasteiger partial charge on any atom is 0.573 e. The van der Waals surface area contributed by atoms with E-state index in [0.29, 0.717) is 5.69 Å². The number of carbonyl (C=O) groups excluding carboxylic acids is 1. The predicted octanol–water partition coefficient (Wildman–Crippen LogP) is 2.82. The van der Waals surface area contributed by atoms with Gasteiger partial charge in [-0.1, -0.05) is 0 Å². The topological polar surface area (TPSA) is 47.6 Å². The Morgan fingerprint density at radius 2 is 1.95 bits per heavy atom. The molecule has 1 rings (SSSR count). The highest BCUT2D eigenvalue weighted by Crippen LogP contribution is 2.24. The van der Waals surface area contributed by atoms with E-state index in [-0.39, 0.29) is 12.4 Å². The lowest BCUT2D eigenvalue weighted by molar-refractivity contribution is -0.274. The van der Waals surface area contributed by atoms with Gasteiger partial charge in [0.15, 0.2) is 5.37 Å². The van der Waals surface area contributed by atoms with Crippen LogP contribution >= 0.6 is 12.6 Å². The number of ether oxygens (including phenoxy) is 2. The number of rotatable bonds is 5. The van der Waals surface area contributed by atoms with Crippen LogP contribution in [0.4, 0.5) is 18.9 Å². The fourth-order valence-electron chi connectivity index (χ4n) is 1.19. The van der Waals surface area contributed by atoms with Crippen molar-refractivity contribution >= 4 is 24.3 Å². The zero-order valence-electron chi connectivity index (χ0n) is 9.90. The van der Waals surface area contributed by atoms with Gasteiger partial charge in [-0.05, 0) is 31.2 Å². The molecule has 0 saturated heterocycles. The normalized spacial score (nSPS) is 12.7. The molecule has 1 atom stereocenters. The van der Waals surface area contributed by atoms with Crippen molar-refractivity contribution in [3.05, 3.63) is 24.3 Å². The van der Waals surface area contributed by atoms with Crippen LogP contribution in [-0.4, -0.2) is 24.3 Å². The molecule has 8 heteroatoms. The van der Waals surface area contributed by atoms with Crippen LogP contribution in [0.3, 0.4) is 0 Å². The smallest absolute Gasteiger partial charge is 0.464 e. The molecule has 0 aliphatic carbocycles. The van der Waals surface area contributed by atoms with E-state index in [1.165, 1.54) is 12.1 Å². The number of alkyl halides is 3. The molecule has 1 aromatic carbocycles. The van der Waals surface area contributed by atoms with Gasteiger partial charge in [-0.25, -0.2) is 4.79 Å². The highest BCUT2D eigenvalue weighted by atomic mass is 32.1. The zero-order valence-corrected chi connectivity index (χ0v) is 10.8. The van der Waals surface area contributed by atoms with E-state index < -0.39 is 17.7 Å². The first-order valence-electron chi connectivity index (χ1n) is 5.29. The Morgan fingerprint density at radius 3 is 2.42 bits per heavy atom. The number of esters is 1. The van der Waals surface area contributed by atoms with E-state index in [1.54, 1.807) is 6.92 Å². The van der Waals surface area contributed by atoms with E-state index >= 15 is 0 Å². The molecule has 0 aromatic heterocycles. The molecule has 0 saturated carbocycles. The Hall–Kier alpha value is -1.57. The third-order valence-corrected chi connectivity index (χ3v) is 2.24. The molecule has 0 heterocycles. The lowest BCUT2D eigenvalue weighted by atomic mass is 10.3. The highest BCUT2D eigenvalue weighted by Gasteiger charge is 2.30. The van der Waals surface area contributed by atoms with Crippen LogP contribution in [0.25, 0.3) is 0 Å². The lowest BCUT2D eigenvalue weighted by Crippen LogP contribution is -2.25. The molecule has 0 radical (unpaired) electrons. The lowest BCUT2D eigenvalue weighted by Gasteiger charge is -2.14. The summed E-state index contributed by atoms with van der Waals surface area (Å²) in [6, 6.07) is 4.93. The second kappa shape index (κ2) is 6.55. The summed E-state index contributed by atoms with van der Waals surface area (Å²) >= 11 is 3.97. The van der Waals surface area contributed by atoms with E-state index in [0.717, 1.165) is 12.1 Å². The Labute approximate surface area is 113 Å². The van der Waals surface area contributed by atoms with Gasteiger partial charge in [0.2, 0.25) is 0 Å². The molecule has 0 aliphatic heterocycles. The Morgan fingerprint density at radius 1 is 1.37 bits per heavy atom. The van der Waals surface area contributed by atoms with E-state index in [9.17, 15) is 18.0 Å². The molecule has 106 valence electrons. The average molecular weight is 295 g/mol. The zero-order chi connectivity index (χ0) is 14.5. The minimum atomic E-state index is -4.73. The number of benzene rings is 1. The van der Waals surface area contributed by atoms with Gasteiger partial charge in [0.05, 0.1) is 6.61 Å². The maximum atomic E-state index is 11.9. The van der Waals surface area contributed by atoms with Crippen LogP contribution in [0, 0.1) is 0 Å². The largest absolute Gasteiger partial charge is 0.573 e. The molecule has 1 aromatic rings. The van der Waals surface area contributed by atoms with Crippen molar-refractivity contribution < 1.29 is 27.4 Å². The van der Waals surface area contributed by atoms with Gasteiger partial charge in [0.1, 0.15) is 5.75 Å². The monoisotopic (exact) mass is 295 g/mol. The van der Waals surface area contributed by atoms with Crippen molar-refractivity contribution in [1.29, 1.82) is 0 Å². The fraction of sp³-hybridized carbons (Fsp3) is 0.364. The first-order valence-corrected chi connectivity index (χ1v) is 5.80. The second-order valence-electron chi connectivity index (χ2n) is 3.37. The number of carbonyl (C=O) groups is 1. The average Bonchev–Trinajstić information content (AvgIpc) is 2.30. The van der Waals surface area contributed by atoms with Crippen molar-refractivity contribution in [2.45, 2.75) is 18.7 Å². The first-order chi connectivity index (χ1) is 8.81. The van der Waals surface area contributed by atoms with Crippen LogP contribution in [0.5, 0.6) is 5.75 Å². The number of anilines is 1. The van der Waals surface area contributed by atoms with Crippen molar-refractivity contribution in [1.82, 2.24) is 0 Å². The van der Waals surface area contributed by atoms with Crippen molar-refractivity contribution in [3.8, 4) is 5.75 Å². The molecule has 0 spiro atoms. The summed E-state index contributed by atoms with van der Waals surface area (Å²) < 4.78 is 44.2. The van der Waals surface area contributed by atoms with Crippen molar-refractivity contribution in [2.75, 3.05) is 11.9 Å². The SMILES string of the molecule is CCOC(=O)C(S)Nc1ccc(OC(F)(F)F)cc1. The van der Waals surface area contributed by atoms with Gasteiger partial charge < -0.3 is 14.8 Å². The molecule has 0 fully saturated rings. The maximum absolute atomic E-state index is 11.9. The summed E-state index contributed by atoms with van der Waals surface area (Å²) in [5, 5.41) is 1.78. The van der Waals surface area contributed by atoms with Crippen LogP contribution in [0.2, 0.25) is 0 Å². The Balaban J connectivity index is 2.59. The van der Waals surface area contributed by atoms with E-state index in [1.807, 2.05) is 0 Å². The van der Waals surface area contributed by atoms with Gasteiger partial charge in [0.25, 0.3) is 0 Å². The third-order valence-electron chi connectivity index (χ3n) is 1.90. The number of hydrogen-bond acceptors (Lipinski definition) is 5. The van der Waals surface area contributed by atoms with Crippen LogP contribution < -0.4 is 10.1 Å². The minimum absolute atomic E-state index is 0.218. The summed E-state index contributed by atoms with van der Waals surface area (Å²) in [4.78, 5) is 11.3. The third kappa shape index (κ3) is 5.73. The second-order valence-corrected chi connectivity index (χ2v) is 3.89. The van der Waals surface area contributed by atoms with Gasteiger partial charge in [-0.3, -0.25) is 0 Å². The van der Waals surface area contributed by atoms with E-state index in [2.05, 4.69) is 22.7 Å². The summed E-state index contributed by atoms with van der Waals surface area (Å²) in [7, 11) is 0. The van der Waals surface area contributed by atoms with Crippen LogP contribution in [0.15, 0.2) is 24.3 Å². The first kappa shape index (κ1) is 15.5. The number of halogens is 3.